The van der Waals surface area contributed by atoms with Crippen LogP contribution in [0.5, 0.6) is 5.75 Å². The first-order chi connectivity index (χ1) is 7.11. The first-order valence-corrected chi connectivity index (χ1v) is 5.08. The standard InChI is InChI=1S/C11H15ClO3/c1-11(6-13,7-14)8-15-10-5-3-2-4-9(10)12/h2-5,13-14H,6-8H2,1H3. The van der Waals surface area contributed by atoms with Crippen molar-refractivity contribution in [3.8, 4) is 5.75 Å². The molecule has 84 valence electrons. The van der Waals surface area contributed by atoms with E-state index in [1.165, 1.54) is 0 Å². The van der Waals surface area contributed by atoms with Crippen LogP contribution in [-0.4, -0.2) is 30.0 Å². The predicted molar refractivity (Wildman–Crippen MR) is 59.2 cm³/mol. The van der Waals surface area contributed by atoms with Crippen molar-refractivity contribution in [2.45, 2.75) is 6.92 Å². The van der Waals surface area contributed by atoms with Crippen LogP contribution in [0.4, 0.5) is 0 Å². The normalized spacial score (nSPS) is 11.5. The fourth-order valence-electron chi connectivity index (χ4n) is 0.955. The fourth-order valence-corrected chi connectivity index (χ4v) is 1.15. The second-order valence-corrected chi connectivity index (χ2v) is 4.25. The monoisotopic (exact) mass is 230 g/mol. The number of aliphatic hydroxyl groups is 2. The lowest BCUT2D eigenvalue weighted by Crippen LogP contribution is -2.33. The van der Waals surface area contributed by atoms with E-state index >= 15 is 0 Å². The van der Waals surface area contributed by atoms with Crippen molar-refractivity contribution in [2.75, 3.05) is 19.8 Å². The Kier molecular flexibility index (Phi) is 4.39. The van der Waals surface area contributed by atoms with E-state index in [0.29, 0.717) is 10.8 Å². The summed E-state index contributed by atoms with van der Waals surface area (Å²) in [5, 5.41) is 18.6. The SMILES string of the molecule is CC(CO)(CO)COc1ccccc1Cl. The van der Waals surface area contributed by atoms with Gasteiger partial charge in [-0.05, 0) is 12.1 Å². The molecule has 0 aliphatic carbocycles. The van der Waals surface area contributed by atoms with Crippen molar-refractivity contribution >= 4 is 11.6 Å². The molecule has 0 spiro atoms. The molecule has 0 amide bonds. The number of hydrogen-bond donors (Lipinski definition) is 2. The molecule has 0 bridgehead atoms. The van der Waals surface area contributed by atoms with Crippen LogP contribution in [0.3, 0.4) is 0 Å². The molecule has 0 radical (unpaired) electrons. The summed E-state index contributed by atoms with van der Waals surface area (Å²) < 4.78 is 5.43. The van der Waals surface area contributed by atoms with Crippen LogP contribution in [0.2, 0.25) is 5.02 Å². The summed E-state index contributed by atoms with van der Waals surface area (Å²) in [4.78, 5) is 0. The number of aliphatic hydroxyl groups excluding tert-OH is 2. The van der Waals surface area contributed by atoms with Crippen molar-refractivity contribution in [3.63, 3.8) is 0 Å². The number of ether oxygens (including phenoxy) is 1. The highest BCUT2D eigenvalue weighted by Crippen LogP contribution is 2.25. The maximum atomic E-state index is 9.06. The molecule has 0 saturated heterocycles. The zero-order chi connectivity index (χ0) is 11.3. The van der Waals surface area contributed by atoms with Gasteiger partial charge in [0.1, 0.15) is 5.75 Å². The van der Waals surface area contributed by atoms with Crippen LogP contribution in [0, 0.1) is 5.41 Å². The molecule has 4 heteroatoms. The smallest absolute Gasteiger partial charge is 0.137 e. The highest BCUT2D eigenvalue weighted by Gasteiger charge is 2.23. The average Bonchev–Trinajstić information content (AvgIpc) is 2.28. The molecule has 1 rings (SSSR count). The lowest BCUT2D eigenvalue weighted by Gasteiger charge is -2.24. The lowest BCUT2D eigenvalue weighted by molar-refractivity contribution is 0.0287. The average molecular weight is 231 g/mol. The zero-order valence-electron chi connectivity index (χ0n) is 8.61. The Morgan fingerprint density at radius 1 is 1.27 bits per heavy atom. The summed E-state index contributed by atoms with van der Waals surface area (Å²) in [6.07, 6.45) is 0. The molecule has 0 aliphatic rings. The van der Waals surface area contributed by atoms with Gasteiger partial charge in [-0.15, -0.1) is 0 Å². The van der Waals surface area contributed by atoms with Gasteiger partial charge in [0, 0.05) is 5.41 Å². The number of benzene rings is 1. The Labute approximate surface area is 94.3 Å². The first kappa shape index (κ1) is 12.3. The number of halogens is 1. The molecule has 1 aromatic rings. The third kappa shape index (κ3) is 3.38. The van der Waals surface area contributed by atoms with Gasteiger partial charge < -0.3 is 14.9 Å². The van der Waals surface area contributed by atoms with Gasteiger partial charge in [0.25, 0.3) is 0 Å². The Bertz CT molecular complexity index is 310. The quantitative estimate of drug-likeness (QED) is 0.810. The van der Waals surface area contributed by atoms with E-state index < -0.39 is 5.41 Å². The molecule has 0 aromatic heterocycles. The highest BCUT2D eigenvalue weighted by atomic mass is 35.5. The molecule has 1 aromatic carbocycles. The van der Waals surface area contributed by atoms with Crippen molar-refractivity contribution in [1.82, 2.24) is 0 Å². The minimum Gasteiger partial charge on any atom is -0.491 e. The van der Waals surface area contributed by atoms with Crippen LogP contribution >= 0.6 is 11.6 Å². The Balaban J connectivity index is 2.61. The molecule has 0 aliphatic heterocycles. The van der Waals surface area contributed by atoms with Crippen molar-refractivity contribution < 1.29 is 14.9 Å². The van der Waals surface area contributed by atoms with Gasteiger partial charge in [-0.2, -0.15) is 0 Å². The molecule has 0 unspecified atom stereocenters. The van der Waals surface area contributed by atoms with Gasteiger partial charge in [0.05, 0.1) is 24.8 Å². The third-order valence-corrected chi connectivity index (χ3v) is 2.49. The number of rotatable bonds is 5. The van der Waals surface area contributed by atoms with Crippen molar-refractivity contribution in [2.24, 2.45) is 5.41 Å². The fraction of sp³-hybridized carbons (Fsp3) is 0.455. The third-order valence-electron chi connectivity index (χ3n) is 2.18. The zero-order valence-corrected chi connectivity index (χ0v) is 9.37. The minimum atomic E-state index is -0.640. The highest BCUT2D eigenvalue weighted by molar-refractivity contribution is 6.32. The summed E-state index contributed by atoms with van der Waals surface area (Å²) in [5.74, 6) is 0.562. The Morgan fingerprint density at radius 3 is 2.40 bits per heavy atom. The molecular weight excluding hydrogens is 216 g/mol. The van der Waals surface area contributed by atoms with Crippen LogP contribution < -0.4 is 4.74 Å². The summed E-state index contributed by atoms with van der Waals surface area (Å²) in [6, 6.07) is 7.10. The van der Waals surface area contributed by atoms with Gasteiger partial charge in [0.2, 0.25) is 0 Å². The van der Waals surface area contributed by atoms with Crippen LogP contribution in [0.15, 0.2) is 24.3 Å². The largest absolute Gasteiger partial charge is 0.491 e. The molecular formula is C11H15ClO3. The molecule has 2 N–H and O–H groups in total. The van der Waals surface area contributed by atoms with Crippen LogP contribution in [0.25, 0.3) is 0 Å². The van der Waals surface area contributed by atoms with E-state index in [1.807, 2.05) is 12.1 Å². The summed E-state index contributed by atoms with van der Waals surface area (Å²) in [6.45, 7) is 1.70. The van der Waals surface area contributed by atoms with E-state index in [-0.39, 0.29) is 19.8 Å². The molecule has 0 saturated carbocycles. The second-order valence-electron chi connectivity index (χ2n) is 3.85. The van der Waals surface area contributed by atoms with E-state index in [4.69, 9.17) is 26.6 Å². The predicted octanol–water partition coefficient (Wildman–Crippen LogP) is 1.71. The summed E-state index contributed by atoms with van der Waals surface area (Å²) >= 11 is 5.89. The lowest BCUT2D eigenvalue weighted by atomic mass is 9.94. The van der Waals surface area contributed by atoms with Gasteiger partial charge in [-0.1, -0.05) is 30.7 Å². The molecule has 0 fully saturated rings. The van der Waals surface area contributed by atoms with Gasteiger partial charge in [-0.25, -0.2) is 0 Å². The van der Waals surface area contributed by atoms with E-state index in [9.17, 15) is 0 Å². The van der Waals surface area contributed by atoms with E-state index in [2.05, 4.69) is 0 Å². The van der Waals surface area contributed by atoms with Crippen molar-refractivity contribution in [1.29, 1.82) is 0 Å². The minimum absolute atomic E-state index is 0.131. The molecule has 3 nitrogen and oxygen atoms in total. The number of hydrogen-bond acceptors (Lipinski definition) is 3. The Morgan fingerprint density at radius 2 is 1.87 bits per heavy atom. The summed E-state index contributed by atoms with van der Waals surface area (Å²) in [5.41, 5.74) is -0.640. The maximum absolute atomic E-state index is 9.06. The van der Waals surface area contributed by atoms with Gasteiger partial charge in [0.15, 0.2) is 0 Å². The van der Waals surface area contributed by atoms with Gasteiger partial charge >= 0.3 is 0 Å². The topological polar surface area (TPSA) is 49.7 Å². The van der Waals surface area contributed by atoms with E-state index in [1.54, 1.807) is 19.1 Å². The van der Waals surface area contributed by atoms with Gasteiger partial charge in [-0.3, -0.25) is 0 Å². The second kappa shape index (κ2) is 5.35. The van der Waals surface area contributed by atoms with Crippen LogP contribution in [0.1, 0.15) is 6.92 Å². The maximum Gasteiger partial charge on any atom is 0.137 e. The molecule has 0 atom stereocenters. The Hall–Kier alpha value is -0.770. The first-order valence-electron chi connectivity index (χ1n) is 4.70. The van der Waals surface area contributed by atoms with E-state index in [0.717, 1.165) is 0 Å². The molecule has 0 heterocycles. The summed E-state index contributed by atoms with van der Waals surface area (Å²) in [7, 11) is 0. The molecule has 15 heavy (non-hydrogen) atoms. The van der Waals surface area contributed by atoms with Crippen molar-refractivity contribution in [3.05, 3.63) is 29.3 Å². The number of para-hydroxylation sites is 1. The van der Waals surface area contributed by atoms with Crippen LogP contribution in [-0.2, 0) is 0 Å².